The van der Waals surface area contributed by atoms with Crippen molar-refractivity contribution >= 4 is 125 Å². The molecule has 11 aromatic carbocycles. The Kier molecular flexibility index (Phi) is 35.2. The van der Waals surface area contributed by atoms with Crippen LogP contribution in [0, 0.1) is 40.2 Å². The highest BCUT2D eigenvalue weighted by atomic mass is 79.9. The second-order valence-corrected chi connectivity index (χ2v) is 37.4. The van der Waals surface area contributed by atoms with Crippen LogP contribution in [0.5, 0.6) is 17.2 Å². The number of benzene rings is 11. The molecule has 5 aliphatic heterocycles. The minimum absolute atomic E-state index is 0.00974. The Morgan fingerprint density at radius 3 is 0.901 bits per heavy atom. The molecule has 5 aliphatic rings. The second kappa shape index (κ2) is 46.0. The number of para-hydroxylation sites is 2. The molecule has 29 heteroatoms. The van der Waals surface area contributed by atoms with Crippen LogP contribution in [-0.2, 0) is 42.2 Å². The third-order valence-corrected chi connectivity index (χ3v) is 22.6. The van der Waals surface area contributed by atoms with E-state index in [9.17, 15) is 28.3 Å². The molecule has 23 nitrogen and oxygen atoms in total. The topological polar surface area (TPSA) is 280 Å². The molecule has 0 radical (unpaired) electrons. The molecular formula is C102H106BrClF2N10O13S2. The van der Waals surface area contributed by atoms with Crippen LogP contribution in [0.25, 0.3) is 0 Å². The number of aryl methyl sites for hydroxylation is 1. The number of aliphatic hydroxyl groups excluding tert-OH is 1. The quantitative estimate of drug-likeness (QED) is 0.0781. The molecule has 16 rings (SSSR count). The van der Waals surface area contributed by atoms with E-state index in [0.717, 1.165) is 91.6 Å². The molecule has 0 spiro atoms. The minimum atomic E-state index is -3.11. The second-order valence-electron chi connectivity index (χ2n) is 35.2. The molecule has 0 amide bonds. The third kappa shape index (κ3) is 28.8. The molecule has 0 bridgehead atoms. The zero-order valence-electron chi connectivity index (χ0n) is 75.1. The number of aliphatic hydroxyl groups is 1. The van der Waals surface area contributed by atoms with E-state index in [1.807, 2.05) is 114 Å². The van der Waals surface area contributed by atoms with Gasteiger partial charge in [-0.1, -0.05) is 250 Å². The van der Waals surface area contributed by atoms with E-state index >= 15 is 0 Å². The number of carbonyl (C=O) groups is 3. The van der Waals surface area contributed by atoms with E-state index in [-0.39, 0.29) is 70.1 Å². The van der Waals surface area contributed by atoms with Crippen LogP contribution in [0.2, 0.25) is 5.02 Å². The Hall–Kier alpha value is -13.0. The molecule has 0 saturated carbocycles. The maximum absolute atomic E-state index is 13.3. The van der Waals surface area contributed by atoms with E-state index in [1.165, 1.54) is 69.4 Å². The summed E-state index contributed by atoms with van der Waals surface area (Å²) in [6.07, 6.45) is 4.25. The van der Waals surface area contributed by atoms with E-state index < -0.39 is 21.2 Å². The SMILES string of the molecule is CC(C)(C)C1=NN(c2ccc(OC=O)cc2)C(c2ccc(Br)cc2)C1.CC(C)(C)C1=NN(c2ccccc2)C(c2ccc(Cl)cc2)C1.CC(C)(C)C1=NN(c2ccccc2)C(c2ccc(F)cc2)C1.Cc1ccc(C2CC(C(C)(C)C)=NN2c2ccc(OC=O)cc2)cc1.O=COc1ccc(N2N=C(c3ccc(F)cc3)CC2c2ccc(CO)cc2)cc1.O=S(=O)=O.O=S(=O)=O. The molecular weight excluding hydrogens is 1790 g/mol. The van der Waals surface area contributed by atoms with Gasteiger partial charge in [-0.15, -0.1) is 25.3 Å². The Bertz CT molecular complexity index is 5760. The number of hydrogen-bond acceptors (Lipinski definition) is 23. The molecule has 11 aromatic rings. The first kappa shape index (κ1) is 100. The monoisotopic (exact) mass is 1890 g/mol. The van der Waals surface area contributed by atoms with Crippen molar-refractivity contribution in [3.63, 3.8) is 0 Å². The normalized spacial score (nSPS) is 16.7. The lowest BCUT2D eigenvalue weighted by Crippen LogP contribution is -2.19. The van der Waals surface area contributed by atoms with Gasteiger partial charge < -0.3 is 19.3 Å². The van der Waals surface area contributed by atoms with Gasteiger partial charge in [0.1, 0.15) is 28.9 Å². The summed E-state index contributed by atoms with van der Waals surface area (Å²) < 4.78 is 92.9. The molecule has 0 aliphatic carbocycles. The fourth-order valence-corrected chi connectivity index (χ4v) is 15.1. The summed E-state index contributed by atoms with van der Waals surface area (Å²) in [5.74, 6) is 1.02. The van der Waals surface area contributed by atoms with E-state index in [4.69, 9.17) is 76.6 Å². The van der Waals surface area contributed by atoms with Crippen LogP contribution < -0.4 is 39.3 Å². The lowest BCUT2D eigenvalue weighted by molar-refractivity contribution is -0.121. The molecule has 5 unspecified atom stereocenters. The van der Waals surface area contributed by atoms with Crippen LogP contribution in [0.4, 0.5) is 37.2 Å². The number of rotatable bonds is 18. The first-order valence-corrected chi connectivity index (χ1v) is 45.4. The third-order valence-electron chi connectivity index (χ3n) is 21.9. The molecule has 0 saturated heterocycles. The predicted octanol–water partition coefficient (Wildman–Crippen LogP) is 23.3. The first-order valence-electron chi connectivity index (χ1n) is 42.2. The smallest absolute Gasteiger partial charge is 0.425 e. The summed E-state index contributed by atoms with van der Waals surface area (Å²) in [4.78, 5) is 31.5. The number of hydrazone groups is 5. The first-order chi connectivity index (χ1) is 62.3. The highest BCUT2D eigenvalue weighted by Gasteiger charge is 2.39. The molecule has 5 atom stereocenters. The zero-order chi connectivity index (χ0) is 94.9. The van der Waals surface area contributed by atoms with Gasteiger partial charge in [-0.25, -0.2) is 8.78 Å². The van der Waals surface area contributed by atoms with Crippen molar-refractivity contribution in [2.24, 2.45) is 47.2 Å². The minimum Gasteiger partial charge on any atom is -0.429 e. The highest BCUT2D eigenvalue weighted by Crippen LogP contribution is 2.46. The van der Waals surface area contributed by atoms with Crippen LogP contribution in [-0.4, -0.2) is 78.3 Å². The fraction of sp³-hybridized carbons (Fsp3) is 0.275. The predicted molar refractivity (Wildman–Crippen MR) is 517 cm³/mol. The van der Waals surface area contributed by atoms with Crippen molar-refractivity contribution in [2.75, 3.05) is 25.0 Å². The van der Waals surface area contributed by atoms with Crippen LogP contribution in [0.3, 0.4) is 0 Å². The van der Waals surface area contributed by atoms with E-state index in [2.05, 4.69) is 223 Å². The van der Waals surface area contributed by atoms with Crippen molar-refractivity contribution in [3.05, 3.63) is 345 Å². The van der Waals surface area contributed by atoms with Gasteiger partial charge in [-0.05, 0) is 191 Å². The largest absolute Gasteiger partial charge is 0.429 e. The van der Waals surface area contributed by atoms with Crippen molar-refractivity contribution < 1.29 is 67.7 Å². The molecule has 1 N–H and O–H groups in total. The van der Waals surface area contributed by atoms with Crippen LogP contribution in [0.1, 0.15) is 190 Å². The molecule has 131 heavy (non-hydrogen) atoms. The average molecular weight is 1900 g/mol. The number of nitrogens with zero attached hydrogens (tertiary/aromatic N) is 10. The summed E-state index contributed by atoms with van der Waals surface area (Å²) in [5, 5.41) is 44.8. The van der Waals surface area contributed by atoms with Gasteiger partial charge in [0.15, 0.2) is 0 Å². The lowest BCUT2D eigenvalue weighted by Gasteiger charge is -2.24. The van der Waals surface area contributed by atoms with Crippen molar-refractivity contribution in [1.29, 1.82) is 0 Å². The summed E-state index contributed by atoms with van der Waals surface area (Å²) in [6, 6.07) is 89.1. The summed E-state index contributed by atoms with van der Waals surface area (Å²) in [5.41, 5.74) is 19.6. The number of halogens is 4. The Labute approximate surface area is 780 Å². The van der Waals surface area contributed by atoms with E-state index in [1.54, 1.807) is 48.5 Å². The van der Waals surface area contributed by atoms with Crippen molar-refractivity contribution in [3.8, 4) is 17.2 Å². The highest BCUT2D eigenvalue weighted by molar-refractivity contribution is 9.10. The number of carbonyl (C=O) groups excluding carboxylic acids is 3. The van der Waals surface area contributed by atoms with Crippen LogP contribution in [0.15, 0.2) is 309 Å². The van der Waals surface area contributed by atoms with Gasteiger partial charge in [0.25, 0.3) is 19.4 Å². The van der Waals surface area contributed by atoms with Crippen molar-refractivity contribution in [2.45, 2.75) is 159 Å². The summed E-state index contributed by atoms with van der Waals surface area (Å²) >= 11 is 9.53. The fourth-order valence-electron chi connectivity index (χ4n) is 14.7. The Balaban J connectivity index is 0.000000167. The molecule has 5 heterocycles. The molecule has 682 valence electrons. The molecule has 0 aromatic heterocycles. The standard InChI is InChI=1S/C23H19FN2O3.C21H24N2O2.C20H21BrN2O2.C19H21ClN2.C19H21FN2.2O3S/c24-19-7-5-17(6-8-19)22-13-23(18-3-1-16(14-27)2-4-18)26(25-22)20-9-11-21(12-10-20)29-15-28;1-15-5-7-16(8-6-15)19-13-20(21(2,3)4)22-23(19)17-9-11-18(12-10-17)25-14-24;1-20(2,3)19-12-18(14-4-6-15(21)7-5-14)23(22-19)16-8-10-17(11-9-16)25-13-24;2*1-19(2,3)18-13-17(14-9-11-15(20)12-10-14)22(21-18)16-7-5-4-6-8-16;2*1-4(2)3/h1-12,15,23,27H,13-14H2;5-12,14,19H,13H2,1-4H3;4-11,13,18H,12H2,1-3H3;2*4-12,17H,13H2,1-3H3;;. The maximum Gasteiger partial charge on any atom is 0.425 e. The zero-order valence-corrected chi connectivity index (χ0v) is 79.0. The Morgan fingerprint density at radius 1 is 0.359 bits per heavy atom. The lowest BCUT2D eigenvalue weighted by atomic mass is 9.85. The Morgan fingerprint density at radius 2 is 0.611 bits per heavy atom. The summed E-state index contributed by atoms with van der Waals surface area (Å²) in [7, 11) is -6.22. The van der Waals surface area contributed by atoms with Gasteiger partial charge in [-0.3, -0.25) is 39.4 Å². The molecule has 0 fully saturated rings. The summed E-state index contributed by atoms with van der Waals surface area (Å²) in [6.45, 7) is 29.7. The van der Waals surface area contributed by atoms with Gasteiger partial charge in [0.05, 0.1) is 71.0 Å². The number of hydrogen-bond donors (Lipinski definition) is 1. The van der Waals surface area contributed by atoms with Gasteiger partial charge >= 0.3 is 21.2 Å². The van der Waals surface area contributed by atoms with Crippen molar-refractivity contribution in [1.82, 2.24) is 0 Å². The van der Waals surface area contributed by atoms with Crippen LogP contribution >= 0.6 is 27.5 Å². The van der Waals surface area contributed by atoms with Gasteiger partial charge in [-0.2, -0.15) is 25.5 Å². The number of anilines is 5. The van der Waals surface area contributed by atoms with E-state index in [0.29, 0.717) is 43.1 Å². The average Bonchev–Trinajstić information content (AvgIpc) is 1.66. The maximum atomic E-state index is 13.3. The van der Waals surface area contributed by atoms with Gasteiger partial charge in [0.2, 0.25) is 0 Å². The number of ether oxygens (including phenoxy) is 3. The van der Waals surface area contributed by atoms with Gasteiger partial charge in [0, 0.05) is 86.1 Å².